The second-order valence-corrected chi connectivity index (χ2v) is 4.88. The molecular formula is C12H18N4O2. The zero-order chi connectivity index (χ0) is 13.1. The van der Waals surface area contributed by atoms with Crippen molar-refractivity contribution >= 4 is 11.4 Å². The van der Waals surface area contributed by atoms with E-state index in [1.165, 1.54) is 6.42 Å². The summed E-state index contributed by atoms with van der Waals surface area (Å²) in [4.78, 5) is 12.8. The first-order valence-corrected chi connectivity index (χ1v) is 6.06. The Morgan fingerprint density at radius 2 is 2.39 bits per heavy atom. The van der Waals surface area contributed by atoms with Crippen molar-refractivity contribution in [3.05, 3.63) is 33.9 Å². The highest BCUT2D eigenvalue weighted by Crippen LogP contribution is 2.26. The summed E-state index contributed by atoms with van der Waals surface area (Å²) < 4.78 is 0. The number of anilines is 1. The van der Waals surface area contributed by atoms with Gasteiger partial charge in [0.05, 0.1) is 4.92 Å². The van der Waals surface area contributed by atoms with Gasteiger partial charge >= 0.3 is 0 Å². The van der Waals surface area contributed by atoms with Gasteiger partial charge in [-0.3, -0.25) is 20.9 Å². The number of hydrazine groups is 1. The number of likely N-dealkylation sites (tertiary alicyclic amines) is 1. The Balaban J connectivity index is 2.14. The fourth-order valence-corrected chi connectivity index (χ4v) is 2.38. The third kappa shape index (κ3) is 2.77. The Labute approximate surface area is 106 Å². The Morgan fingerprint density at radius 1 is 1.61 bits per heavy atom. The van der Waals surface area contributed by atoms with Gasteiger partial charge in [-0.2, -0.15) is 0 Å². The number of nitro benzene ring substituents is 1. The quantitative estimate of drug-likeness (QED) is 0.483. The molecule has 0 amide bonds. The Morgan fingerprint density at radius 3 is 2.94 bits per heavy atom. The normalized spacial score (nSPS) is 20.0. The lowest BCUT2D eigenvalue weighted by Gasteiger charge is -2.15. The van der Waals surface area contributed by atoms with E-state index in [4.69, 9.17) is 5.84 Å². The molecule has 1 unspecified atom stereocenters. The molecule has 1 fully saturated rings. The van der Waals surface area contributed by atoms with Gasteiger partial charge in [-0.15, -0.1) is 0 Å². The summed E-state index contributed by atoms with van der Waals surface area (Å²) in [7, 11) is 0. The number of rotatable bonds is 4. The monoisotopic (exact) mass is 250 g/mol. The molecule has 3 N–H and O–H groups in total. The average Bonchev–Trinajstić information content (AvgIpc) is 2.74. The number of nitrogen functional groups attached to an aromatic ring is 1. The van der Waals surface area contributed by atoms with Crippen molar-refractivity contribution in [2.45, 2.75) is 19.9 Å². The zero-order valence-corrected chi connectivity index (χ0v) is 10.4. The van der Waals surface area contributed by atoms with Crippen LogP contribution in [0.15, 0.2) is 18.2 Å². The summed E-state index contributed by atoms with van der Waals surface area (Å²) >= 11 is 0. The molecule has 1 aliphatic heterocycles. The van der Waals surface area contributed by atoms with Gasteiger partial charge in [0, 0.05) is 19.2 Å². The van der Waals surface area contributed by atoms with Crippen LogP contribution < -0.4 is 11.3 Å². The van der Waals surface area contributed by atoms with Gasteiger partial charge in [0.15, 0.2) is 0 Å². The van der Waals surface area contributed by atoms with Crippen molar-refractivity contribution in [3.63, 3.8) is 0 Å². The fraction of sp³-hybridized carbons (Fsp3) is 0.500. The van der Waals surface area contributed by atoms with Crippen LogP contribution in [-0.4, -0.2) is 22.9 Å². The molecule has 0 aromatic heterocycles. The van der Waals surface area contributed by atoms with Gasteiger partial charge < -0.3 is 5.43 Å². The third-order valence-corrected chi connectivity index (χ3v) is 3.33. The summed E-state index contributed by atoms with van der Waals surface area (Å²) in [5.74, 6) is 5.97. The van der Waals surface area contributed by atoms with Gasteiger partial charge in [0.25, 0.3) is 5.69 Å². The lowest BCUT2D eigenvalue weighted by molar-refractivity contribution is -0.384. The van der Waals surface area contributed by atoms with Crippen LogP contribution in [0.4, 0.5) is 11.4 Å². The molecule has 1 aliphatic rings. The Hall–Kier alpha value is -1.66. The SMILES string of the molecule is CC1CCN(Cc2ccc(NN)c([N+](=O)[O-])c2)C1. The summed E-state index contributed by atoms with van der Waals surface area (Å²) in [5, 5.41) is 10.9. The molecule has 0 bridgehead atoms. The van der Waals surface area contributed by atoms with E-state index in [0.29, 0.717) is 11.6 Å². The number of benzene rings is 1. The van der Waals surface area contributed by atoms with Gasteiger partial charge in [0.2, 0.25) is 0 Å². The Kier molecular flexibility index (Phi) is 3.78. The summed E-state index contributed by atoms with van der Waals surface area (Å²) in [6.07, 6.45) is 1.20. The molecule has 0 aliphatic carbocycles. The number of hydrogen-bond acceptors (Lipinski definition) is 5. The first-order valence-electron chi connectivity index (χ1n) is 6.06. The van der Waals surface area contributed by atoms with Gasteiger partial charge in [-0.1, -0.05) is 13.0 Å². The summed E-state index contributed by atoms with van der Waals surface area (Å²) in [6.45, 7) is 5.11. The molecule has 0 saturated carbocycles. The maximum Gasteiger partial charge on any atom is 0.293 e. The van der Waals surface area contributed by atoms with Crippen molar-refractivity contribution in [2.24, 2.45) is 11.8 Å². The van der Waals surface area contributed by atoms with Crippen LogP contribution in [0.2, 0.25) is 0 Å². The van der Waals surface area contributed by atoms with Crippen molar-refractivity contribution < 1.29 is 4.92 Å². The Bertz CT molecular complexity index is 450. The highest BCUT2D eigenvalue weighted by atomic mass is 16.6. The zero-order valence-electron chi connectivity index (χ0n) is 10.4. The maximum absolute atomic E-state index is 10.9. The minimum absolute atomic E-state index is 0.0299. The van der Waals surface area contributed by atoms with Gasteiger partial charge in [0.1, 0.15) is 5.69 Å². The van der Waals surface area contributed by atoms with E-state index in [0.717, 1.165) is 25.2 Å². The molecule has 98 valence electrons. The molecule has 1 heterocycles. The van der Waals surface area contributed by atoms with E-state index in [1.807, 2.05) is 6.07 Å². The highest BCUT2D eigenvalue weighted by molar-refractivity contribution is 5.61. The summed E-state index contributed by atoms with van der Waals surface area (Å²) in [5.41, 5.74) is 3.68. The van der Waals surface area contributed by atoms with Crippen molar-refractivity contribution in [3.8, 4) is 0 Å². The molecule has 18 heavy (non-hydrogen) atoms. The molecule has 1 saturated heterocycles. The first kappa shape index (κ1) is 12.8. The fourth-order valence-electron chi connectivity index (χ4n) is 2.38. The molecule has 0 radical (unpaired) electrons. The molecular weight excluding hydrogens is 232 g/mol. The number of nitrogens with two attached hydrogens (primary N) is 1. The van der Waals surface area contributed by atoms with Crippen LogP contribution in [0.25, 0.3) is 0 Å². The molecule has 0 spiro atoms. The molecule has 1 aromatic carbocycles. The number of hydrogen-bond donors (Lipinski definition) is 2. The third-order valence-electron chi connectivity index (χ3n) is 3.33. The summed E-state index contributed by atoms with van der Waals surface area (Å²) in [6, 6.07) is 5.14. The van der Waals surface area contributed by atoms with Crippen LogP contribution >= 0.6 is 0 Å². The van der Waals surface area contributed by atoms with E-state index in [-0.39, 0.29) is 5.69 Å². The second kappa shape index (κ2) is 5.32. The van der Waals surface area contributed by atoms with E-state index in [2.05, 4.69) is 17.2 Å². The smallest absolute Gasteiger partial charge is 0.293 e. The van der Waals surface area contributed by atoms with Crippen LogP contribution in [0.5, 0.6) is 0 Å². The van der Waals surface area contributed by atoms with Crippen LogP contribution in [0.3, 0.4) is 0 Å². The van der Waals surface area contributed by atoms with E-state index in [9.17, 15) is 10.1 Å². The molecule has 2 rings (SSSR count). The number of nitrogens with zero attached hydrogens (tertiary/aromatic N) is 2. The van der Waals surface area contributed by atoms with Gasteiger partial charge in [-0.25, -0.2) is 0 Å². The van der Waals surface area contributed by atoms with Crippen molar-refractivity contribution in [2.75, 3.05) is 18.5 Å². The predicted molar refractivity (Wildman–Crippen MR) is 70.0 cm³/mol. The van der Waals surface area contributed by atoms with Crippen LogP contribution in [0, 0.1) is 16.0 Å². The van der Waals surface area contributed by atoms with Crippen LogP contribution in [-0.2, 0) is 6.54 Å². The van der Waals surface area contributed by atoms with Crippen LogP contribution in [0.1, 0.15) is 18.9 Å². The maximum atomic E-state index is 10.9. The molecule has 6 heteroatoms. The van der Waals surface area contributed by atoms with Crippen molar-refractivity contribution in [1.82, 2.24) is 4.90 Å². The van der Waals surface area contributed by atoms with E-state index >= 15 is 0 Å². The highest BCUT2D eigenvalue weighted by Gasteiger charge is 2.20. The first-order chi connectivity index (χ1) is 8.60. The largest absolute Gasteiger partial charge is 0.318 e. The van der Waals surface area contributed by atoms with Crippen molar-refractivity contribution in [1.29, 1.82) is 0 Å². The minimum Gasteiger partial charge on any atom is -0.318 e. The lowest BCUT2D eigenvalue weighted by atomic mass is 10.1. The standard InChI is InChI=1S/C12H18N4O2/c1-9-4-5-15(7-9)8-10-2-3-11(14-13)12(6-10)16(17)18/h2-3,6,9,14H,4-5,7-8,13H2,1H3. The number of nitrogens with one attached hydrogen (secondary N) is 1. The topological polar surface area (TPSA) is 84.4 Å². The predicted octanol–water partition coefficient (Wildman–Crippen LogP) is 1.72. The molecule has 6 nitrogen and oxygen atoms in total. The van der Waals surface area contributed by atoms with Gasteiger partial charge in [-0.05, 0) is 30.5 Å². The molecule has 1 aromatic rings. The number of nitro groups is 1. The lowest BCUT2D eigenvalue weighted by Crippen LogP contribution is -2.19. The average molecular weight is 250 g/mol. The minimum atomic E-state index is -0.411. The molecule has 1 atom stereocenters. The van der Waals surface area contributed by atoms with E-state index < -0.39 is 4.92 Å². The van der Waals surface area contributed by atoms with E-state index in [1.54, 1.807) is 12.1 Å². The second-order valence-electron chi connectivity index (χ2n) is 4.88.